The molecule has 0 saturated heterocycles. The van der Waals surface area contributed by atoms with Crippen molar-refractivity contribution in [1.29, 1.82) is 0 Å². The second-order valence-electron chi connectivity index (χ2n) is 6.73. The zero-order chi connectivity index (χ0) is 15.1. The number of aliphatic carboxylic acids is 1. The Hall–Kier alpha value is -1.26. The van der Waals surface area contributed by atoms with Crippen LogP contribution in [0.4, 0.5) is 4.79 Å². The van der Waals surface area contributed by atoms with Crippen LogP contribution in [0.5, 0.6) is 0 Å². The van der Waals surface area contributed by atoms with Gasteiger partial charge in [-0.05, 0) is 31.6 Å². The first kappa shape index (κ1) is 16.1. The van der Waals surface area contributed by atoms with E-state index in [1.807, 2.05) is 0 Å². The number of hydrogen-bond acceptors (Lipinski definition) is 2. The van der Waals surface area contributed by atoms with Gasteiger partial charge in [0.25, 0.3) is 0 Å². The van der Waals surface area contributed by atoms with Crippen LogP contribution in [0.15, 0.2) is 0 Å². The molecule has 120 valence electrons. The smallest absolute Gasteiger partial charge is 0.315 e. The fourth-order valence-electron chi connectivity index (χ4n) is 3.86. The fourth-order valence-corrected chi connectivity index (χ4v) is 3.86. The summed E-state index contributed by atoms with van der Waals surface area (Å²) in [4.78, 5) is 22.9. The van der Waals surface area contributed by atoms with E-state index < -0.39 is 11.5 Å². The first-order valence-electron chi connectivity index (χ1n) is 8.37. The Balaban J connectivity index is 1.66. The lowest BCUT2D eigenvalue weighted by atomic mass is 9.93. The quantitative estimate of drug-likeness (QED) is 0.632. The zero-order valence-electron chi connectivity index (χ0n) is 12.8. The van der Waals surface area contributed by atoms with Crippen LogP contribution >= 0.6 is 0 Å². The topological polar surface area (TPSA) is 78.4 Å². The maximum atomic E-state index is 12.0. The highest BCUT2D eigenvalue weighted by Gasteiger charge is 2.37. The molecule has 2 fully saturated rings. The van der Waals surface area contributed by atoms with E-state index in [9.17, 15) is 9.59 Å². The van der Waals surface area contributed by atoms with Gasteiger partial charge >= 0.3 is 12.0 Å². The molecular formula is C16H28N2O3. The number of carbonyl (C=O) groups excluding carboxylic acids is 1. The first-order chi connectivity index (χ1) is 10.1. The maximum absolute atomic E-state index is 12.0. The van der Waals surface area contributed by atoms with Crippen molar-refractivity contribution >= 4 is 12.0 Å². The summed E-state index contributed by atoms with van der Waals surface area (Å²) in [6, 6.07) is -0.204. The molecule has 0 aromatic carbocycles. The Morgan fingerprint density at radius 2 is 1.76 bits per heavy atom. The molecule has 2 aliphatic carbocycles. The minimum Gasteiger partial charge on any atom is -0.481 e. The summed E-state index contributed by atoms with van der Waals surface area (Å²) in [5.41, 5.74) is -0.526. The number of carboxylic acid groups (broad SMARTS) is 1. The highest BCUT2D eigenvalue weighted by atomic mass is 16.4. The van der Waals surface area contributed by atoms with E-state index in [-0.39, 0.29) is 12.5 Å². The number of nitrogens with one attached hydrogen (secondary N) is 2. The van der Waals surface area contributed by atoms with E-state index in [0.717, 1.165) is 38.0 Å². The Kier molecular flexibility index (Phi) is 5.88. The summed E-state index contributed by atoms with van der Waals surface area (Å²) in [6.07, 6.45) is 11.2. The number of amides is 2. The molecule has 2 saturated carbocycles. The third kappa shape index (κ3) is 5.21. The predicted octanol–water partition coefficient (Wildman–Crippen LogP) is 3.04. The number of carbonyl (C=O) groups is 2. The molecule has 5 nitrogen and oxygen atoms in total. The summed E-state index contributed by atoms with van der Waals surface area (Å²) in [5.74, 6) is 0.0153. The van der Waals surface area contributed by atoms with Crippen molar-refractivity contribution in [2.24, 2.45) is 5.92 Å². The molecule has 0 radical (unpaired) electrons. The van der Waals surface area contributed by atoms with Gasteiger partial charge in [0.15, 0.2) is 0 Å². The third-order valence-electron chi connectivity index (χ3n) is 4.98. The highest BCUT2D eigenvalue weighted by molar-refractivity contribution is 5.76. The van der Waals surface area contributed by atoms with Crippen LogP contribution < -0.4 is 10.6 Å². The summed E-state index contributed by atoms with van der Waals surface area (Å²) in [6.45, 7) is 0.686. The molecule has 0 spiro atoms. The van der Waals surface area contributed by atoms with Crippen LogP contribution in [0.25, 0.3) is 0 Å². The normalized spacial score (nSPS) is 21.3. The van der Waals surface area contributed by atoms with Crippen LogP contribution in [0.1, 0.15) is 70.6 Å². The van der Waals surface area contributed by atoms with Crippen molar-refractivity contribution < 1.29 is 14.7 Å². The van der Waals surface area contributed by atoms with E-state index >= 15 is 0 Å². The molecule has 2 aliphatic rings. The van der Waals surface area contributed by atoms with Gasteiger partial charge in [-0.25, -0.2) is 4.79 Å². The molecule has 0 heterocycles. The van der Waals surface area contributed by atoms with Gasteiger partial charge in [0.05, 0.1) is 12.0 Å². The number of urea groups is 1. The molecule has 0 aliphatic heterocycles. The lowest BCUT2D eigenvalue weighted by Gasteiger charge is -2.28. The van der Waals surface area contributed by atoms with Crippen LogP contribution in [0.3, 0.4) is 0 Å². The largest absolute Gasteiger partial charge is 0.481 e. The summed E-state index contributed by atoms with van der Waals surface area (Å²) in [7, 11) is 0. The van der Waals surface area contributed by atoms with Crippen LogP contribution in [-0.2, 0) is 4.79 Å². The van der Waals surface area contributed by atoms with Crippen LogP contribution in [0, 0.1) is 5.92 Å². The van der Waals surface area contributed by atoms with Gasteiger partial charge in [-0.2, -0.15) is 0 Å². The molecule has 21 heavy (non-hydrogen) atoms. The molecule has 2 amide bonds. The highest BCUT2D eigenvalue weighted by Crippen LogP contribution is 2.32. The van der Waals surface area contributed by atoms with Crippen molar-refractivity contribution in [3.8, 4) is 0 Å². The standard InChI is InChI=1S/C16H28N2O3/c19-14(20)12-16(9-3-4-10-16)18-15(21)17-11-5-8-13-6-1-2-7-13/h13H,1-12H2,(H,19,20)(H2,17,18,21). The third-order valence-corrected chi connectivity index (χ3v) is 4.98. The van der Waals surface area contributed by atoms with E-state index in [0.29, 0.717) is 6.54 Å². The van der Waals surface area contributed by atoms with Gasteiger partial charge in [0.2, 0.25) is 0 Å². The molecule has 0 aromatic rings. The molecule has 2 rings (SSSR count). The average Bonchev–Trinajstić information content (AvgIpc) is 3.06. The van der Waals surface area contributed by atoms with E-state index in [1.54, 1.807) is 0 Å². The molecule has 0 unspecified atom stereocenters. The number of hydrogen-bond donors (Lipinski definition) is 3. The lowest BCUT2D eigenvalue weighted by molar-refractivity contribution is -0.138. The first-order valence-corrected chi connectivity index (χ1v) is 8.37. The molecule has 0 bridgehead atoms. The van der Waals surface area contributed by atoms with Crippen molar-refractivity contribution in [1.82, 2.24) is 10.6 Å². The zero-order valence-corrected chi connectivity index (χ0v) is 12.8. The second kappa shape index (κ2) is 7.66. The summed E-state index contributed by atoms with van der Waals surface area (Å²) < 4.78 is 0. The number of carboxylic acids is 1. The lowest BCUT2D eigenvalue weighted by Crippen LogP contribution is -2.51. The Labute approximate surface area is 126 Å². The number of rotatable bonds is 7. The van der Waals surface area contributed by atoms with Crippen LogP contribution in [0.2, 0.25) is 0 Å². The predicted molar refractivity (Wildman–Crippen MR) is 81.2 cm³/mol. The molecule has 3 N–H and O–H groups in total. The Bertz CT molecular complexity index is 359. The molecule has 5 heteroatoms. The Morgan fingerprint density at radius 1 is 1.10 bits per heavy atom. The van der Waals surface area contributed by atoms with E-state index in [4.69, 9.17) is 5.11 Å². The molecule has 0 atom stereocenters. The van der Waals surface area contributed by atoms with Gasteiger partial charge in [-0.1, -0.05) is 38.5 Å². The van der Waals surface area contributed by atoms with Gasteiger partial charge in [0, 0.05) is 6.54 Å². The van der Waals surface area contributed by atoms with E-state index in [2.05, 4.69) is 10.6 Å². The Morgan fingerprint density at radius 3 is 2.38 bits per heavy atom. The van der Waals surface area contributed by atoms with E-state index in [1.165, 1.54) is 32.1 Å². The monoisotopic (exact) mass is 296 g/mol. The maximum Gasteiger partial charge on any atom is 0.315 e. The van der Waals surface area contributed by atoms with Gasteiger partial charge in [-0.3, -0.25) is 4.79 Å². The average molecular weight is 296 g/mol. The van der Waals surface area contributed by atoms with Crippen LogP contribution in [-0.4, -0.2) is 29.2 Å². The summed E-state index contributed by atoms with van der Waals surface area (Å²) >= 11 is 0. The van der Waals surface area contributed by atoms with Crippen molar-refractivity contribution in [2.45, 2.75) is 76.2 Å². The SMILES string of the molecule is O=C(O)CC1(NC(=O)NCCCC2CCCC2)CCCC1. The van der Waals surface area contributed by atoms with Gasteiger partial charge in [0.1, 0.15) is 0 Å². The fraction of sp³-hybridized carbons (Fsp3) is 0.875. The molecule has 0 aromatic heterocycles. The summed E-state index contributed by atoms with van der Waals surface area (Å²) in [5, 5.41) is 14.8. The second-order valence-corrected chi connectivity index (χ2v) is 6.73. The molecular weight excluding hydrogens is 268 g/mol. The van der Waals surface area contributed by atoms with Gasteiger partial charge < -0.3 is 15.7 Å². The minimum absolute atomic E-state index is 0.0303. The van der Waals surface area contributed by atoms with Crippen molar-refractivity contribution in [3.63, 3.8) is 0 Å². The van der Waals surface area contributed by atoms with Gasteiger partial charge in [-0.15, -0.1) is 0 Å². The van der Waals surface area contributed by atoms with Crippen molar-refractivity contribution in [2.75, 3.05) is 6.54 Å². The minimum atomic E-state index is -0.835. The van der Waals surface area contributed by atoms with Crippen molar-refractivity contribution in [3.05, 3.63) is 0 Å².